The highest BCUT2D eigenvalue weighted by molar-refractivity contribution is 5.44. The molecule has 112 valence electrons. The number of aliphatic hydroxyl groups is 2. The van der Waals surface area contributed by atoms with Crippen LogP contribution in [0.25, 0.3) is 0 Å². The third-order valence-corrected chi connectivity index (χ3v) is 1.08. The van der Waals surface area contributed by atoms with Crippen molar-refractivity contribution >= 4 is 5.69 Å². The van der Waals surface area contributed by atoms with Crippen molar-refractivity contribution in [3.8, 4) is 17.9 Å². The van der Waals surface area contributed by atoms with Crippen molar-refractivity contribution in [2.75, 3.05) is 14.2 Å². The lowest BCUT2D eigenvalue weighted by Gasteiger charge is -1.91. The highest BCUT2D eigenvalue weighted by atomic mass is 16.6. The van der Waals surface area contributed by atoms with Crippen molar-refractivity contribution in [3.63, 3.8) is 0 Å². The van der Waals surface area contributed by atoms with Crippen molar-refractivity contribution < 1.29 is 20.2 Å². The Morgan fingerprint density at radius 1 is 1.05 bits per heavy atom. The van der Waals surface area contributed by atoms with Gasteiger partial charge in [0.1, 0.15) is 0 Å². The number of nitrogens with zero attached hydrogens (tertiary/aromatic N) is 3. The summed E-state index contributed by atoms with van der Waals surface area (Å²) in [5.74, 6) is -0.299. The lowest BCUT2D eigenvalue weighted by molar-refractivity contribution is -0.385. The predicted molar refractivity (Wildman–Crippen MR) is 73.6 cm³/mol. The molecule has 1 aromatic carbocycles. The van der Waals surface area contributed by atoms with Gasteiger partial charge < -0.3 is 15.3 Å². The van der Waals surface area contributed by atoms with Crippen molar-refractivity contribution in [2.24, 2.45) is 0 Å². The molecule has 0 unspecified atom stereocenters. The van der Waals surface area contributed by atoms with E-state index in [4.69, 9.17) is 25.8 Å². The van der Waals surface area contributed by atoms with Crippen LogP contribution < -0.4 is 0 Å². The Morgan fingerprint density at radius 2 is 1.35 bits per heavy atom. The quantitative estimate of drug-likeness (QED) is 0.523. The average molecular weight is 285 g/mol. The third kappa shape index (κ3) is 20.7. The number of hydrogen-bond donors (Lipinski definition) is 3. The Bertz CT molecular complexity index is 398. The second kappa shape index (κ2) is 25.2. The smallest absolute Gasteiger partial charge is 0.310 e. The van der Waals surface area contributed by atoms with E-state index in [0.717, 1.165) is 14.2 Å². The second-order valence-electron chi connectivity index (χ2n) is 2.19. The molecule has 20 heavy (non-hydrogen) atoms. The molecule has 0 atom stereocenters. The molecule has 0 aliphatic carbocycles. The molecule has 0 saturated heterocycles. The SMILES string of the molecule is CC#N.CC#N.CO.CO.O=[N+]([O-])c1ccccc1O. The van der Waals surface area contributed by atoms with Crippen LogP contribution in [0.2, 0.25) is 0 Å². The normalized spacial score (nSPS) is 6.00. The first-order valence-electron chi connectivity index (χ1n) is 4.98. The molecule has 0 fully saturated rings. The van der Waals surface area contributed by atoms with Crippen LogP contribution in [0.5, 0.6) is 5.75 Å². The fourth-order valence-corrected chi connectivity index (χ4v) is 0.619. The monoisotopic (exact) mass is 285 g/mol. The van der Waals surface area contributed by atoms with Crippen molar-refractivity contribution in [2.45, 2.75) is 13.8 Å². The molecule has 0 spiro atoms. The molecule has 8 nitrogen and oxygen atoms in total. The summed E-state index contributed by atoms with van der Waals surface area (Å²) < 4.78 is 0. The lowest BCUT2D eigenvalue weighted by atomic mass is 10.3. The van der Waals surface area contributed by atoms with Gasteiger partial charge in [-0.3, -0.25) is 10.1 Å². The minimum Gasteiger partial charge on any atom is -0.502 e. The third-order valence-electron chi connectivity index (χ3n) is 1.08. The number of hydrogen-bond acceptors (Lipinski definition) is 7. The van der Waals surface area contributed by atoms with Crippen LogP contribution in [0.1, 0.15) is 13.8 Å². The number of phenols is 1. The van der Waals surface area contributed by atoms with Crippen LogP contribution in [0.3, 0.4) is 0 Å². The summed E-state index contributed by atoms with van der Waals surface area (Å²) in [6, 6.07) is 9.05. The fourth-order valence-electron chi connectivity index (χ4n) is 0.619. The van der Waals surface area contributed by atoms with E-state index in [1.54, 1.807) is 12.1 Å². The molecule has 0 bridgehead atoms. The van der Waals surface area contributed by atoms with E-state index in [9.17, 15) is 10.1 Å². The molecule has 0 aliphatic heterocycles. The van der Waals surface area contributed by atoms with Crippen LogP contribution in [-0.4, -0.2) is 34.5 Å². The van der Waals surface area contributed by atoms with Gasteiger partial charge in [-0.2, -0.15) is 10.5 Å². The fraction of sp³-hybridized carbons (Fsp3) is 0.333. The van der Waals surface area contributed by atoms with Gasteiger partial charge in [-0.15, -0.1) is 0 Å². The lowest BCUT2D eigenvalue weighted by Crippen LogP contribution is -1.86. The Balaban J connectivity index is -0.000000108. The van der Waals surface area contributed by atoms with E-state index in [2.05, 4.69) is 0 Å². The van der Waals surface area contributed by atoms with Gasteiger partial charge in [-0.1, -0.05) is 12.1 Å². The van der Waals surface area contributed by atoms with Crippen molar-refractivity contribution in [1.82, 2.24) is 0 Å². The number of para-hydroxylation sites is 2. The summed E-state index contributed by atoms with van der Waals surface area (Å²) in [6.45, 7) is 2.86. The number of aliphatic hydroxyl groups excluding tert-OH is 2. The standard InChI is InChI=1S/C6H5NO3.2C2H3N.2CH4O/c8-6-4-2-1-3-5(6)7(9)10;2*1-2-3;2*1-2/h1-4,8H;2*1H3;2*2H,1H3. The Morgan fingerprint density at radius 3 is 1.55 bits per heavy atom. The molecule has 0 amide bonds. The summed E-state index contributed by atoms with van der Waals surface area (Å²) in [4.78, 5) is 9.44. The van der Waals surface area contributed by atoms with Crippen molar-refractivity contribution in [3.05, 3.63) is 34.4 Å². The topological polar surface area (TPSA) is 151 Å². The summed E-state index contributed by atoms with van der Waals surface area (Å²) in [6.07, 6.45) is 0. The molecule has 0 radical (unpaired) electrons. The number of phenolic OH excluding ortho intramolecular Hbond substituents is 1. The van der Waals surface area contributed by atoms with Gasteiger partial charge in [-0.25, -0.2) is 0 Å². The molecular formula is C12H19N3O5. The van der Waals surface area contributed by atoms with Gasteiger partial charge >= 0.3 is 5.69 Å². The number of nitriles is 2. The molecular weight excluding hydrogens is 266 g/mol. The number of rotatable bonds is 1. The predicted octanol–water partition coefficient (Wildman–Crippen LogP) is 1.58. The number of nitro benzene ring substituents is 1. The van der Waals surface area contributed by atoms with Gasteiger partial charge in [-0.05, 0) is 6.07 Å². The van der Waals surface area contributed by atoms with Gasteiger partial charge in [0.25, 0.3) is 0 Å². The largest absolute Gasteiger partial charge is 0.502 e. The Hall–Kier alpha value is -2.68. The van der Waals surface area contributed by atoms with E-state index in [-0.39, 0.29) is 11.4 Å². The van der Waals surface area contributed by atoms with Crippen LogP contribution in [0.4, 0.5) is 5.69 Å². The molecule has 1 aromatic rings. The zero-order valence-electron chi connectivity index (χ0n) is 11.8. The van der Waals surface area contributed by atoms with E-state index in [1.165, 1.54) is 38.1 Å². The molecule has 1 rings (SSSR count). The van der Waals surface area contributed by atoms with Crippen LogP contribution in [0.15, 0.2) is 24.3 Å². The first-order chi connectivity index (χ1) is 9.54. The zero-order chi connectivity index (χ0) is 17.0. The Labute approximate surface area is 117 Å². The summed E-state index contributed by atoms with van der Waals surface area (Å²) in [7, 11) is 2.00. The molecule has 0 aromatic heterocycles. The molecule has 0 saturated carbocycles. The zero-order valence-corrected chi connectivity index (χ0v) is 11.8. The maximum absolute atomic E-state index is 10.1. The van der Waals surface area contributed by atoms with Gasteiger partial charge in [0, 0.05) is 34.1 Å². The van der Waals surface area contributed by atoms with E-state index in [1.807, 2.05) is 0 Å². The van der Waals surface area contributed by atoms with Gasteiger partial charge in [0.2, 0.25) is 0 Å². The summed E-state index contributed by atoms with van der Waals surface area (Å²) in [5, 5.41) is 47.5. The summed E-state index contributed by atoms with van der Waals surface area (Å²) >= 11 is 0. The van der Waals surface area contributed by atoms with Crippen LogP contribution in [0, 0.1) is 32.8 Å². The molecule has 8 heteroatoms. The second-order valence-corrected chi connectivity index (χ2v) is 2.19. The maximum Gasteiger partial charge on any atom is 0.310 e. The van der Waals surface area contributed by atoms with Crippen LogP contribution >= 0.6 is 0 Å². The Kier molecular flexibility index (Phi) is 32.8. The van der Waals surface area contributed by atoms with E-state index < -0.39 is 4.92 Å². The minimum absolute atomic E-state index is 0.262. The highest BCUT2D eigenvalue weighted by Crippen LogP contribution is 2.23. The number of benzene rings is 1. The highest BCUT2D eigenvalue weighted by Gasteiger charge is 2.09. The van der Waals surface area contributed by atoms with Crippen molar-refractivity contribution in [1.29, 1.82) is 10.5 Å². The van der Waals surface area contributed by atoms with E-state index >= 15 is 0 Å². The minimum atomic E-state index is -0.630. The van der Waals surface area contributed by atoms with Gasteiger partial charge in [0.05, 0.1) is 17.1 Å². The maximum atomic E-state index is 10.1. The van der Waals surface area contributed by atoms with Gasteiger partial charge in [0.15, 0.2) is 5.75 Å². The first-order valence-corrected chi connectivity index (χ1v) is 4.98. The number of nitro groups is 1. The molecule has 0 heterocycles. The van der Waals surface area contributed by atoms with Crippen LogP contribution in [-0.2, 0) is 0 Å². The first kappa shape index (κ1) is 26.0. The molecule has 0 aliphatic rings. The average Bonchev–Trinajstić information content (AvgIpc) is 2.45. The van der Waals surface area contributed by atoms with E-state index in [0.29, 0.717) is 0 Å². The number of aromatic hydroxyl groups is 1. The molecule has 3 N–H and O–H groups in total. The summed E-state index contributed by atoms with van der Waals surface area (Å²) in [5.41, 5.74) is -0.262.